The summed E-state index contributed by atoms with van der Waals surface area (Å²) in [5.74, 6) is -0.768. The molecule has 0 heterocycles. The van der Waals surface area contributed by atoms with Gasteiger partial charge in [-0.1, -0.05) is 48.5 Å². The summed E-state index contributed by atoms with van der Waals surface area (Å²) in [6, 6.07) is 19.5. The SMILES string of the molecule is Cc1ccc(NC(=O)COC(=O)Cc2ccc3ccccc3c2)cc1C. The Balaban J connectivity index is 1.52. The molecule has 1 amide bonds. The van der Waals surface area contributed by atoms with Crippen molar-refractivity contribution < 1.29 is 14.3 Å². The first-order chi connectivity index (χ1) is 12.5. The number of esters is 1. The molecule has 3 aromatic rings. The first-order valence-corrected chi connectivity index (χ1v) is 8.52. The lowest BCUT2D eigenvalue weighted by molar-refractivity contribution is -0.146. The van der Waals surface area contributed by atoms with Crippen molar-refractivity contribution in [3.63, 3.8) is 0 Å². The number of benzene rings is 3. The van der Waals surface area contributed by atoms with E-state index in [1.807, 2.05) is 74.5 Å². The Morgan fingerprint density at radius 2 is 1.65 bits per heavy atom. The number of aryl methyl sites for hydroxylation is 2. The molecule has 0 aromatic heterocycles. The van der Waals surface area contributed by atoms with E-state index in [-0.39, 0.29) is 18.9 Å². The minimum Gasteiger partial charge on any atom is -0.455 e. The third-order valence-corrected chi connectivity index (χ3v) is 4.32. The molecular formula is C22H21NO3. The topological polar surface area (TPSA) is 55.4 Å². The smallest absolute Gasteiger partial charge is 0.310 e. The van der Waals surface area contributed by atoms with Crippen LogP contribution in [0.2, 0.25) is 0 Å². The Bertz CT molecular complexity index is 963. The maximum Gasteiger partial charge on any atom is 0.310 e. The molecule has 4 heteroatoms. The molecule has 3 rings (SSSR count). The Hall–Kier alpha value is -3.14. The monoisotopic (exact) mass is 347 g/mol. The zero-order chi connectivity index (χ0) is 18.5. The highest BCUT2D eigenvalue weighted by atomic mass is 16.5. The fourth-order valence-corrected chi connectivity index (χ4v) is 2.73. The van der Waals surface area contributed by atoms with E-state index < -0.39 is 5.97 Å². The summed E-state index contributed by atoms with van der Waals surface area (Å²) in [4.78, 5) is 24.0. The van der Waals surface area contributed by atoms with Gasteiger partial charge >= 0.3 is 5.97 Å². The Labute approximate surface area is 152 Å². The first kappa shape index (κ1) is 17.7. The quantitative estimate of drug-likeness (QED) is 0.705. The molecule has 26 heavy (non-hydrogen) atoms. The van der Waals surface area contributed by atoms with Crippen molar-refractivity contribution >= 4 is 28.3 Å². The lowest BCUT2D eigenvalue weighted by atomic mass is 10.1. The number of nitrogens with one attached hydrogen (secondary N) is 1. The van der Waals surface area contributed by atoms with Gasteiger partial charge in [0, 0.05) is 5.69 Å². The highest BCUT2D eigenvalue weighted by Crippen LogP contribution is 2.16. The number of hydrogen-bond acceptors (Lipinski definition) is 3. The Morgan fingerprint density at radius 1 is 0.885 bits per heavy atom. The van der Waals surface area contributed by atoms with Gasteiger partial charge in [-0.25, -0.2) is 0 Å². The molecule has 0 fully saturated rings. The highest BCUT2D eigenvalue weighted by molar-refractivity contribution is 5.93. The molecule has 0 aliphatic rings. The number of ether oxygens (including phenoxy) is 1. The van der Waals surface area contributed by atoms with Gasteiger partial charge in [0.05, 0.1) is 6.42 Å². The van der Waals surface area contributed by atoms with Crippen LogP contribution in [0.15, 0.2) is 60.7 Å². The molecule has 0 atom stereocenters. The minimum atomic E-state index is -0.421. The van der Waals surface area contributed by atoms with E-state index >= 15 is 0 Å². The molecule has 0 aliphatic heterocycles. The van der Waals surface area contributed by atoms with E-state index in [2.05, 4.69) is 5.32 Å². The predicted octanol–water partition coefficient (Wildman–Crippen LogP) is 4.18. The van der Waals surface area contributed by atoms with Crippen LogP contribution < -0.4 is 5.32 Å². The van der Waals surface area contributed by atoms with Gasteiger partial charge in [0.15, 0.2) is 6.61 Å². The fourth-order valence-electron chi connectivity index (χ4n) is 2.73. The van der Waals surface area contributed by atoms with Crippen molar-refractivity contribution in [2.75, 3.05) is 11.9 Å². The normalized spacial score (nSPS) is 10.5. The fraction of sp³-hybridized carbons (Fsp3) is 0.182. The van der Waals surface area contributed by atoms with Crippen LogP contribution >= 0.6 is 0 Å². The summed E-state index contributed by atoms with van der Waals surface area (Å²) >= 11 is 0. The average molecular weight is 347 g/mol. The number of anilines is 1. The van der Waals surface area contributed by atoms with Gasteiger partial charge in [-0.15, -0.1) is 0 Å². The molecule has 1 N–H and O–H groups in total. The van der Waals surface area contributed by atoms with E-state index in [1.165, 1.54) is 0 Å². The van der Waals surface area contributed by atoms with Gasteiger partial charge in [-0.2, -0.15) is 0 Å². The van der Waals surface area contributed by atoms with Gasteiger partial charge in [-0.3, -0.25) is 9.59 Å². The van der Waals surface area contributed by atoms with Crippen LogP contribution in [0.25, 0.3) is 10.8 Å². The van der Waals surface area contributed by atoms with E-state index in [0.29, 0.717) is 5.69 Å². The van der Waals surface area contributed by atoms with Crippen LogP contribution in [-0.4, -0.2) is 18.5 Å². The molecule has 4 nitrogen and oxygen atoms in total. The molecule has 0 unspecified atom stereocenters. The molecular weight excluding hydrogens is 326 g/mol. The van der Waals surface area contributed by atoms with Crippen LogP contribution in [0.5, 0.6) is 0 Å². The van der Waals surface area contributed by atoms with Crippen molar-refractivity contribution in [2.24, 2.45) is 0 Å². The van der Waals surface area contributed by atoms with Crippen LogP contribution in [0.3, 0.4) is 0 Å². The number of carbonyl (C=O) groups is 2. The maximum atomic E-state index is 12.0. The largest absolute Gasteiger partial charge is 0.455 e. The molecule has 0 aliphatic carbocycles. The van der Waals surface area contributed by atoms with Gasteiger partial charge < -0.3 is 10.1 Å². The third kappa shape index (κ3) is 4.48. The second-order valence-corrected chi connectivity index (χ2v) is 6.37. The lowest BCUT2D eigenvalue weighted by Gasteiger charge is -2.09. The van der Waals surface area contributed by atoms with Crippen molar-refractivity contribution in [1.29, 1.82) is 0 Å². The summed E-state index contributed by atoms with van der Waals surface area (Å²) < 4.78 is 5.10. The summed E-state index contributed by atoms with van der Waals surface area (Å²) in [7, 11) is 0. The van der Waals surface area contributed by atoms with Crippen molar-refractivity contribution in [1.82, 2.24) is 0 Å². The van der Waals surface area contributed by atoms with Gasteiger partial charge in [0.1, 0.15) is 0 Å². The summed E-state index contributed by atoms with van der Waals surface area (Å²) in [5, 5.41) is 4.93. The van der Waals surface area contributed by atoms with Gasteiger partial charge in [-0.05, 0) is 53.4 Å². The number of amides is 1. The lowest BCUT2D eigenvalue weighted by Crippen LogP contribution is -2.21. The van der Waals surface area contributed by atoms with Crippen molar-refractivity contribution in [2.45, 2.75) is 20.3 Å². The standard InChI is InChI=1S/C22H21NO3/c1-15-7-10-20(11-16(15)2)23-21(24)14-26-22(25)13-17-8-9-18-5-3-4-6-19(18)12-17/h3-12H,13-14H2,1-2H3,(H,23,24). The van der Waals surface area contributed by atoms with Crippen LogP contribution in [0.1, 0.15) is 16.7 Å². The van der Waals surface area contributed by atoms with E-state index in [9.17, 15) is 9.59 Å². The molecule has 3 aromatic carbocycles. The van der Waals surface area contributed by atoms with Crippen LogP contribution in [0.4, 0.5) is 5.69 Å². The first-order valence-electron chi connectivity index (χ1n) is 8.52. The van der Waals surface area contributed by atoms with Crippen LogP contribution in [-0.2, 0) is 20.7 Å². The summed E-state index contributed by atoms with van der Waals surface area (Å²) in [5.41, 5.74) is 3.81. The molecule has 132 valence electrons. The number of fused-ring (bicyclic) bond motifs is 1. The average Bonchev–Trinajstić information content (AvgIpc) is 2.63. The van der Waals surface area contributed by atoms with E-state index in [1.54, 1.807) is 0 Å². The predicted molar refractivity (Wildman–Crippen MR) is 103 cm³/mol. The zero-order valence-corrected chi connectivity index (χ0v) is 14.9. The molecule has 0 saturated carbocycles. The third-order valence-electron chi connectivity index (χ3n) is 4.32. The number of rotatable bonds is 5. The second-order valence-electron chi connectivity index (χ2n) is 6.37. The molecule has 0 spiro atoms. The van der Waals surface area contributed by atoms with Gasteiger partial charge in [0.2, 0.25) is 0 Å². The van der Waals surface area contributed by atoms with Gasteiger partial charge in [0.25, 0.3) is 5.91 Å². The maximum absolute atomic E-state index is 12.0. The Kier molecular flexibility index (Phi) is 5.32. The zero-order valence-electron chi connectivity index (χ0n) is 14.9. The summed E-state index contributed by atoms with van der Waals surface area (Å²) in [6.45, 7) is 3.70. The number of hydrogen-bond donors (Lipinski definition) is 1. The second kappa shape index (κ2) is 7.83. The minimum absolute atomic E-state index is 0.141. The van der Waals surface area contributed by atoms with E-state index in [0.717, 1.165) is 27.5 Å². The highest BCUT2D eigenvalue weighted by Gasteiger charge is 2.10. The number of carbonyl (C=O) groups excluding carboxylic acids is 2. The molecule has 0 radical (unpaired) electrons. The van der Waals surface area contributed by atoms with Crippen LogP contribution in [0, 0.1) is 13.8 Å². The van der Waals surface area contributed by atoms with E-state index in [4.69, 9.17) is 4.74 Å². The molecule has 0 saturated heterocycles. The summed E-state index contributed by atoms with van der Waals surface area (Å²) in [6.07, 6.45) is 0.141. The van der Waals surface area contributed by atoms with Crippen molar-refractivity contribution in [3.8, 4) is 0 Å². The molecule has 0 bridgehead atoms. The van der Waals surface area contributed by atoms with Crippen molar-refractivity contribution in [3.05, 3.63) is 77.4 Å². The Morgan fingerprint density at radius 3 is 2.42 bits per heavy atom.